The molecule has 0 aromatic heterocycles. The Morgan fingerprint density at radius 3 is 2.45 bits per heavy atom. The molecule has 1 heterocycles. The predicted molar refractivity (Wildman–Crippen MR) is 73.6 cm³/mol. The fourth-order valence-corrected chi connectivity index (χ4v) is 3.79. The van der Waals surface area contributed by atoms with Crippen LogP contribution >= 0.6 is 0 Å². The Morgan fingerprint density at radius 1 is 1.35 bits per heavy atom. The third-order valence-electron chi connectivity index (χ3n) is 3.62. The third-order valence-corrected chi connectivity index (χ3v) is 5.50. The lowest BCUT2D eigenvalue weighted by atomic mass is 9.96. The lowest BCUT2D eigenvalue weighted by Crippen LogP contribution is -2.48. The molecule has 2 N–H and O–H groups in total. The van der Waals surface area contributed by atoms with Crippen molar-refractivity contribution in [3.8, 4) is 0 Å². The molecule has 0 bridgehead atoms. The Balaban J connectivity index is 2.24. The molecule has 0 radical (unpaired) electrons. The van der Waals surface area contributed by atoms with Gasteiger partial charge in [-0.3, -0.25) is 10.1 Å². The average Bonchev–Trinajstić information content (AvgIpc) is 2.41. The van der Waals surface area contributed by atoms with Gasteiger partial charge in [0.05, 0.1) is 9.82 Å². The van der Waals surface area contributed by atoms with Crippen LogP contribution in [0.3, 0.4) is 0 Å². The van der Waals surface area contributed by atoms with Crippen molar-refractivity contribution in [2.45, 2.75) is 24.3 Å². The molecule has 110 valence electrons. The smallest absolute Gasteiger partial charge is 0.269 e. The number of sulfonamides is 1. The van der Waals surface area contributed by atoms with E-state index < -0.39 is 14.9 Å². The molecule has 1 fully saturated rings. The highest BCUT2D eigenvalue weighted by atomic mass is 32.2. The largest absolute Gasteiger partial charge is 0.327 e. The molecule has 8 heteroatoms. The number of benzene rings is 1. The number of nitrogens with two attached hydrogens (primary N) is 1. The van der Waals surface area contributed by atoms with Crippen LogP contribution in [-0.4, -0.2) is 36.8 Å². The molecular weight excluding hydrogens is 282 g/mol. The summed E-state index contributed by atoms with van der Waals surface area (Å²) in [6.07, 6.45) is 0.618. The number of hydrogen-bond acceptors (Lipinski definition) is 5. The first-order chi connectivity index (χ1) is 9.32. The summed E-state index contributed by atoms with van der Waals surface area (Å²) in [6, 6.07) is 4.95. The molecule has 20 heavy (non-hydrogen) atoms. The highest BCUT2D eigenvalue weighted by Gasteiger charge is 2.32. The fourth-order valence-electron chi connectivity index (χ4n) is 2.23. The number of nitrogens with zero attached hydrogens (tertiary/aromatic N) is 2. The maximum Gasteiger partial charge on any atom is 0.269 e. The van der Waals surface area contributed by atoms with Crippen LogP contribution in [0.5, 0.6) is 0 Å². The summed E-state index contributed by atoms with van der Waals surface area (Å²) >= 11 is 0. The minimum Gasteiger partial charge on any atom is -0.327 e. The zero-order valence-corrected chi connectivity index (χ0v) is 11.9. The van der Waals surface area contributed by atoms with E-state index in [0.29, 0.717) is 19.5 Å². The zero-order chi connectivity index (χ0) is 14.9. The van der Waals surface area contributed by atoms with E-state index in [0.717, 1.165) is 0 Å². The second-order valence-corrected chi connectivity index (χ2v) is 6.98. The van der Waals surface area contributed by atoms with E-state index >= 15 is 0 Å². The third kappa shape index (κ3) is 2.82. The molecule has 1 saturated heterocycles. The van der Waals surface area contributed by atoms with Crippen LogP contribution in [0.15, 0.2) is 29.2 Å². The Hall–Kier alpha value is -1.51. The lowest BCUT2D eigenvalue weighted by molar-refractivity contribution is -0.384. The topological polar surface area (TPSA) is 107 Å². The van der Waals surface area contributed by atoms with E-state index in [1.807, 2.05) is 6.92 Å². The van der Waals surface area contributed by atoms with Crippen LogP contribution in [0.4, 0.5) is 5.69 Å². The van der Waals surface area contributed by atoms with E-state index in [1.54, 1.807) is 0 Å². The number of nitro benzene ring substituents is 1. The van der Waals surface area contributed by atoms with Gasteiger partial charge in [0.25, 0.3) is 5.69 Å². The van der Waals surface area contributed by atoms with Gasteiger partial charge >= 0.3 is 0 Å². The standard InChI is InChI=1S/C12H17N3O4S/c1-9-8-14(7-6-12(9)13)20(18,19)11-4-2-10(3-5-11)15(16)17/h2-5,9,12H,6-8,13H2,1H3/t9-,12-/m0/s1. The van der Waals surface area contributed by atoms with E-state index in [-0.39, 0.29) is 22.5 Å². The van der Waals surface area contributed by atoms with Crippen LogP contribution in [0.2, 0.25) is 0 Å². The van der Waals surface area contributed by atoms with Gasteiger partial charge in [-0.1, -0.05) is 6.92 Å². The molecule has 1 aliphatic heterocycles. The Bertz CT molecular complexity index is 600. The first-order valence-electron chi connectivity index (χ1n) is 6.32. The number of rotatable bonds is 3. The molecule has 2 atom stereocenters. The van der Waals surface area contributed by atoms with Crippen molar-refractivity contribution in [1.82, 2.24) is 4.31 Å². The van der Waals surface area contributed by atoms with Crippen molar-refractivity contribution in [3.05, 3.63) is 34.4 Å². The maximum atomic E-state index is 12.4. The van der Waals surface area contributed by atoms with Crippen LogP contribution in [-0.2, 0) is 10.0 Å². The van der Waals surface area contributed by atoms with E-state index in [1.165, 1.54) is 28.6 Å². The zero-order valence-electron chi connectivity index (χ0n) is 11.1. The molecule has 0 spiro atoms. The first-order valence-corrected chi connectivity index (χ1v) is 7.76. The van der Waals surface area contributed by atoms with Crippen LogP contribution in [0.1, 0.15) is 13.3 Å². The van der Waals surface area contributed by atoms with Gasteiger partial charge in [-0.25, -0.2) is 8.42 Å². The predicted octanol–water partition coefficient (Wildman–Crippen LogP) is 0.953. The molecule has 0 aliphatic carbocycles. The van der Waals surface area contributed by atoms with E-state index in [9.17, 15) is 18.5 Å². The summed E-state index contributed by atoms with van der Waals surface area (Å²) in [7, 11) is -3.61. The van der Waals surface area contributed by atoms with Gasteiger partial charge in [0.2, 0.25) is 10.0 Å². The second-order valence-electron chi connectivity index (χ2n) is 5.04. The van der Waals surface area contributed by atoms with E-state index in [4.69, 9.17) is 5.73 Å². The number of piperidine rings is 1. The Labute approximate surface area is 117 Å². The van der Waals surface area contributed by atoms with Gasteiger partial charge in [0, 0.05) is 31.3 Å². The Kier molecular flexibility index (Phi) is 4.07. The number of nitro groups is 1. The van der Waals surface area contributed by atoms with Crippen LogP contribution in [0, 0.1) is 16.0 Å². The molecule has 1 aromatic carbocycles. The summed E-state index contributed by atoms with van der Waals surface area (Å²) in [5.41, 5.74) is 5.75. The van der Waals surface area contributed by atoms with Crippen molar-refractivity contribution in [3.63, 3.8) is 0 Å². The van der Waals surface area contributed by atoms with Crippen molar-refractivity contribution in [2.75, 3.05) is 13.1 Å². The lowest BCUT2D eigenvalue weighted by Gasteiger charge is -2.34. The highest BCUT2D eigenvalue weighted by molar-refractivity contribution is 7.89. The number of hydrogen-bond donors (Lipinski definition) is 1. The van der Waals surface area contributed by atoms with Gasteiger partial charge in [0.15, 0.2) is 0 Å². The van der Waals surface area contributed by atoms with Gasteiger partial charge in [-0.2, -0.15) is 4.31 Å². The molecule has 1 aliphatic rings. The van der Waals surface area contributed by atoms with Crippen molar-refractivity contribution in [1.29, 1.82) is 0 Å². The van der Waals surface area contributed by atoms with Crippen molar-refractivity contribution < 1.29 is 13.3 Å². The van der Waals surface area contributed by atoms with Crippen molar-refractivity contribution >= 4 is 15.7 Å². The minimum absolute atomic E-state index is 0.0123. The highest BCUT2D eigenvalue weighted by Crippen LogP contribution is 2.24. The number of non-ortho nitro benzene ring substituents is 1. The van der Waals surface area contributed by atoms with Gasteiger partial charge in [-0.15, -0.1) is 0 Å². The molecule has 0 unspecified atom stereocenters. The monoisotopic (exact) mass is 299 g/mol. The van der Waals surface area contributed by atoms with Crippen LogP contribution < -0.4 is 5.73 Å². The summed E-state index contributed by atoms with van der Waals surface area (Å²) in [4.78, 5) is 10.1. The molecule has 7 nitrogen and oxygen atoms in total. The summed E-state index contributed by atoms with van der Waals surface area (Å²) in [6.45, 7) is 2.67. The molecular formula is C12H17N3O4S. The Morgan fingerprint density at radius 2 is 1.95 bits per heavy atom. The van der Waals surface area contributed by atoms with Gasteiger partial charge in [0.1, 0.15) is 0 Å². The van der Waals surface area contributed by atoms with Gasteiger partial charge in [-0.05, 0) is 24.5 Å². The SMILES string of the molecule is C[C@H]1CN(S(=O)(=O)c2ccc([N+](=O)[O-])cc2)CC[C@@H]1N. The second kappa shape index (κ2) is 5.47. The molecule has 0 saturated carbocycles. The minimum atomic E-state index is -3.61. The summed E-state index contributed by atoms with van der Waals surface area (Å²) in [5, 5.41) is 10.6. The average molecular weight is 299 g/mol. The molecule has 0 amide bonds. The van der Waals surface area contributed by atoms with Gasteiger partial charge < -0.3 is 5.73 Å². The molecule has 2 rings (SSSR count). The van der Waals surface area contributed by atoms with E-state index in [2.05, 4.69) is 0 Å². The fraction of sp³-hybridized carbons (Fsp3) is 0.500. The normalized spacial score (nSPS) is 24.5. The van der Waals surface area contributed by atoms with Crippen molar-refractivity contribution in [2.24, 2.45) is 11.7 Å². The summed E-state index contributed by atoms with van der Waals surface area (Å²) in [5.74, 6) is 0.0940. The first kappa shape index (κ1) is 14.9. The maximum absolute atomic E-state index is 12.4. The van der Waals surface area contributed by atoms with Crippen LogP contribution in [0.25, 0.3) is 0 Å². The summed E-state index contributed by atoms with van der Waals surface area (Å²) < 4.78 is 26.3. The quantitative estimate of drug-likeness (QED) is 0.660. The molecule has 1 aromatic rings.